The van der Waals surface area contributed by atoms with Crippen LogP contribution in [0.25, 0.3) is 0 Å². The minimum absolute atomic E-state index is 0.206. The molecule has 2 N–H and O–H groups in total. The Balaban J connectivity index is 1.80. The van der Waals surface area contributed by atoms with E-state index < -0.39 is 26.8 Å². The molecule has 0 fully saturated rings. The third kappa shape index (κ3) is 4.47. The van der Waals surface area contributed by atoms with E-state index in [0.29, 0.717) is 6.54 Å². The highest BCUT2D eigenvalue weighted by atomic mass is 32.2. The van der Waals surface area contributed by atoms with Gasteiger partial charge in [0, 0.05) is 12.3 Å². The third-order valence-corrected chi connectivity index (χ3v) is 6.04. The van der Waals surface area contributed by atoms with Crippen LogP contribution in [0.4, 0.5) is 0 Å². The van der Waals surface area contributed by atoms with Crippen LogP contribution in [0.3, 0.4) is 0 Å². The molecule has 0 bridgehead atoms. The number of nitrogens with one attached hydrogen (secondary N) is 2. The van der Waals surface area contributed by atoms with Crippen LogP contribution in [-0.2, 0) is 22.1 Å². The fourth-order valence-corrected chi connectivity index (χ4v) is 4.27. The monoisotopic (exact) mass is 399 g/mol. The minimum Gasteiger partial charge on any atom is -0.296 e. The zero-order valence-corrected chi connectivity index (χ0v) is 16.4. The van der Waals surface area contributed by atoms with Crippen LogP contribution in [-0.4, -0.2) is 18.0 Å². The maximum absolute atomic E-state index is 12.6. The van der Waals surface area contributed by atoms with Crippen LogP contribution in [0.15, 0.2) is 81.3 Å². The van der Waals surface area contributed by atoms with Gasteiger partial charge in [0.1, 0.15) is 0 Å². The molecule has 28 heavy (non-hydrogen) atoms. The Morgan fingerprint density at radius 1 is 0.964 bits per heavy atom. The summed E-state index contributed by atoms with van der Waals surface area (Å²) in [6, 6.07) is 16.8. The fourth-order valence-electron chi connectivity index (χ4n) is 2.85. The fraction of sp³-hybridized carbons (Fsp3) is 0.200. The summed E-state index contributed by atoms with van der Waals surface area (Å²) in [6.45, 7) is 3.87. The van der Waals surface area contributed by atoms with Crippen molar-refractivity contribution in [3.63, 3.8) is 0 Å². The number of hydrogen-bond donors (Lipinski definition) is 2. The van der Waals surface area contributed by atoms with Gasteiger partial charge in [-0.15, -0.1) is 0 Å². The van der Waals surface area contributed by atoms with Crippen LogP contribution < -0.4 is 16.0 Å². The molecular formula is C20H21N3O4S. The molecule has 1 aromatic heterocycles. The predicted octanol–water partition coefficient (Wildman–Crippen LogP) is 1.80. The van der Waals surface area contributed by atoms with Crippen LogP contribution in [0.1, 0.15) is 25.0 Å². The van der Waals surface area contributed by atoms with Crippen molar-refractivity contribution >= 4 is 10.0 Å². The lowest BCUT2D eigenvalue weighted by atomic mass is 9.95. The Bertz CT molecular complexity index is 1180. The lowest BCUT2D eigenvalue weighted by Crippen LogP contribution is -2.40. The highest BCUT2D eigenvalue weighted by Gasteiger charge is 2.27. The van der Waals surface area contributed by atoms with Gasteiger partial charge in [0.25, 0.3) is 5.56 Å². The summed E-state index contributed by atoms with van der Waals surface area (Å²) in [6.07, 6.45) is 1.44. The third-order valence-electron chi connectivity index (χ3n) is 4.37. The number of nitrogens with zero attached hydrogens (tertiary/aromatic N) is 1. The van der Waals surface area contributed by atoms with E-state index in [2.05, 4.69) is 9.71 Å². The second-order valence-corrected chi connectivity index (χ2v) is 8.66. The van der Waals surface area contributed by atoms with Gasteiger partial charge in [-0.05, 0) is 37.1 Å². The predicted molar refractivity (Wildman–Crippen MR) is 107 cm³/mol. The van der Waals surface area contributed by atoms with Crippen molar-refractivity contribution in [2.75, 3.05) is 0 Å². The standard InChI is InChI=1S/C20H21N3O4S/c1-20(2,22-28(26,27)17-6-4-3-5-7-17)16-10-8-15(9-11-16)14-23-13-12-18(24)21-19(23)25/h3-13,22H,14H2,1-2H3,(H,21,24,25). The molecule has 146 valence electrons. The molecule has 7 nitrogen and oxygen atoms in total. The molecule has 0 atom stereocenters. The van der Waals surface area contributed by atoms with Gasteiger partial charge in [0.2, 0.25) is 10.0 Å². The normalized spacial score (nSPS) is 12.1. The van der Waals surface area contributed by atoms with Crippen molar-refractivity contribution in [2.24, 2.45) is 0 Å². The quantitative estimate of drug-likeness (QED) is 0.660. The van der Waals surface area contributed by atoms with Crippen molar-refractivity contribution in [3.8, 4) is 0 Å². The number of benzene rings is 2. The molecule has 0 aliphatic carbocycles. The van der Waals surface area contributed by atoms with Gasteiger partial charge in [0.05, 0.1) is 17.0 Å². The molecule has 0 aliphatic heterocycles. The van der Waals surface area contributed by atoms with Crippen molar-refractivity contribution in [2.45, 2.75) is 30.8 Å². The summed E-state index contributed by atoms with van der Waals surface area (Å²) < 4.78 is 29.3. The molecular weight excluding hydrogens is 378 g/mol. The Morgan fingerprint density at radius 3 is 2.21 bits per heavy atom. The number of hydrogen-bond acceptors (Lipinski definition) is 4. The van der Waals surface area contributed by atoms with Gasteiger partial charge in [0.15, 0.2) is 0 Å². The minimum atomic E-state index is -3.66. The van der Waals surface area contributed by atoms with E-state index in [1.54, 1.807) is 44.2 Å². The maximum atomic E-state index is 12.6. The summed E-state index contributed by atoms with van der Waals surface area (Å²) in [5, 5.41) is 0. The van der Waals surface area contributed by atoms with Gasteiger partial charge >= 0.3 is 5.69 Å². The molecule has 3 rings (SSSR count). The summed E-state index contributed by atoms with van der Waals surface area (Å²) in [5.74, 6) is 0. The smallest absolute Gasteiger partial charge is 0.296 e. The molecule has 0 unspecified atom stereocenters. The van der Waals surface area contributed by atoms with Gasteiger partial charge in [-0.3, -0.25) is 14.3 Å². The van der Waals surface area contributed by atoms with Crippen molar-refractivity contribution < 1.29 is 8.42 Å². The first-order chi connectivity index (χ1) is 13.2. The molecule has 0 amide bonds. The summed E-state index contributed by atoms with van der Waals surface area (Å²) in [7, 11) is -3.66. The zero-order valence-electron chi connectivity index (χ0n) is 15.5. The second-order valence-electron chi connectivity index (χ2n) is 6.98. The first kappa shape index (κ1) is 19.8. The van der Waals surface area contributed by atoms with Crippen LogP contribution >= 0.6 is 0 Å². The average Bonchev–Trinajstić information content (AvgIpc) is 2.64. The van der Waals surface area contributed by atoms with Gasteiger partial charge in [-0.1, -0.05) is 42.5 Å². The Kier molecular flexibility index (Phi) is 5.35. The Hall–Kier alpha value is -2.97. The number of aromatic nitrogens is 2. The van der Waals surface area contributed by atoms with E-state index in [1.165, 1.54) is 16.8 Å². The molecule has 0 aliphatic rings. The van der Waals surface area contributed by atoms with Crippen LogP contribution in [0.5, 0.6) is 0 Å². The highest BCUT2D eigenvalue weighted by molar-refractivity contribution is 7.89. The van der Waals surface area contributed by atoms with Crippen LogP contribution in [0.2, 0.25) is 0 Å². The average molecular weight is 399 g/mol. The van der Waals surface area contributed by atoms with Gasteiger partial charge in [-0.2, -0.15) is 0 Å². The van der Waals surface area contributed by atoms with Crippen LogP contribution in [0, 0.1) is 0 Å². The molecule has 0 spiro atoms. The summed E-state index contributed by atoms with van der Waals surface area (Å²) >= 11 is 0. The lowest BCUT2D eigenvalue weighted by molar-refractivity contribution is 0.472. The summed E-state index contributed by atoms with van der Waals surface area (Å²) in [5.41, 5.74) is -0.122. The van der Waals surface area contributed by atoms with Gasteiger partial charge < -0.3 is 0 Å². The van der Waals surface area contributed by atoms with Crippen molar-refractivity contribution in [1.29, 1.82) is 0 Å². The molecule has 1 heterocycles. The molecule has 0 saturated heterocycles. The number of sulfonamides is 1. The number of aromatic amines is 1. The van der Waals surface area contributed by atoms with Crippen molar-refractivity contribution in [1.82, 2.24) is 14.3 Å². The molecule has 2 aromatic carbocycles. The highest BCUT2D eigenvalue weighted by Crippen LogP contribution is 2.23. The Labute approximate surface area is 162 Å². The zero-order chi connectivity index (χ0) is 20.4. The van der Waals surface area contributed by atoms with Crippen molar-refractivity contribution in [3.05, 3.63) is 98.8 Å². The first-order valence-electron chi connectivity index (χ1n) is 8.66. The summed E-state index contributed by atoms with van der Waals surface area (Å²) in [4.78, 5) is 25.4. The van der Waals surface area contributed by atoms with Gasteiger partial charge in [-0.25, -0.2) is 17.9 Å². The first-order valence-corrected chi connectivity index (χ1v) is 10.1. The second kappa shape index (κ2) is 7.57. The van der Waals surface area contributed by atoms with E-state index in [-0.39, 0.29) is 4.90 Å². The molecule has 0 radical (unpaired) electrons. The lowest BCUT2D eigenvalue weighted by Gasteiger charge is -2.27. The van der Waals surface area contributed by atoms with E-state index in [0.717, 1.165) is 11.1 Å². The maximum Gasteiger partial charge on any atom is 0.328 e. The van der Waals surface area contributed by atoms with E-state index in [4.69, 9.17) is 0 Å². The number of rotatable bonds is 6. The topological polar surface area (TPSA) is 101 Å². The number of H-pyrrole nitrogens is 1. The largest absolute Gasteiger partial charge is 0.328 e. The molecule has 0 saturated carbocycles. The van der Waals surface area contributed by atoms with E-state index >= 15 is 0 Å². The SMILES string of the molecule is CC(C)(NS(=O)(=O)c1ccccc1)c1ccc(Cn2ccc(=O)[nH]c2=O)cc1. The molecule has 8 heteroatoms. The Morgan fingerprint density at radius 2 is 1.61 bits per heavy atom. The van der Waals surface area contributed by atoms with E-state index in [9.17, 15) is 18.0 Å². The van der Waals surface area contributed by atoms with E-state index in [1.807, 2.05) is 24.3 Å². The molecule has 3 aromatic rings.